The number of carbonyl (C=O) groups is 2. The van der Waals surface area contributed by atoms with E-state index in [2.05, 4.69) is 35.1 Å². The monoisotopic (exact) mass is 382 g/mol. The lowest BCUT2D eigenvalue weighted by molar-refractivity contribution is -0.910. The van der Waals surface area contributed by atoms with Gasteiger partial charge in [-0.15, -0.1) is 0 Å². The zero-order valence-electron chi connectivity index (χ0n) is 15.9. The molecule has 0 rings (SSSR count). The number of aliphatic carboxylic acids is 1. The Morgan fingerprint density at radius 3 is 1.92 bits per heavy atom. The van der Waals surface area contributed by atoms with Gasteiger partial charge < -0.3 is 18.8 Å². The van der Waals surface area contributed by atoms with Crippen LogP contribution >= 0.6 is 21.6 Å². The van der Waals surface area contributed by atoms with Crippen molar-refractivity contribution in [1.82, 2.24) is 0 Å². The van der Waals surface area contributed by atoms with Gasteiger partial charge in [0.25, 0.3) is 6.47 Å². The maximum absolute atomic E-state index is 10.8. The first kappa shape index (κ1) is 23.6. The molecule has 0 aromatic rings. The maximum Gasteiger partial charge on any atom is 0.309 e. The number of carbonyl (C=O) groups excluding carboxylic acids is 1. The van der Waals surface area contributed by atoms with E-state index in [0.29, 0.717) is 13.1 Å². The first-order valence-electron chi connectivity index (χ1n) is 8.19. The van der Waals surface area contributed by atoms with E-state index in [4.69, 9.17) is 9.84 Å². The molecule has 0 aromatic carbocycles. The molecule has 0 aromatic heterocycles. The van der Waals surface area contributed by atoms with Crippen molar-refractivity contribution in [3.8, 4) is 0 Å². The van der Waals surface area contributed by atoms with Gasteiger partial charge in [-0.05, 0) is 13.8 Å². The Hall–Kier alpha value is -0.440. The van der Waals surface area contributed by atoms with Gasteiger partial charge in [0.1, 0.15) is 12.6 Å². The van der Waals surface area contributed by atoms with Crippen LogP contribution in [0.4, 0.5) is 0 Å². The van der Waals surface area contributed by atoms with Crippen LogP contribution in [0.15, 0.2) is 0 Å². The van der Waals surface area contributed by atoms with Crippen molar-refractivity contribution >= 4 is 34.0 Å². The lowest BCUT2D eigenvalue weighted by Gasteiger charge is -2.36. The summed E-state index contributed by atoms with van der Waals surface area (Å²) in [4.78, 5) is 21.1. The first-order valence-corrected chi connectivity index (χ1v) is 10.7. The van der Waals surface area contributed by atoms with E-state index in [0.717, 1.165) is 33.6 Å². The van der Waals surface area contributed by atoms with E-state index >= 15 is 0 Å². The van der Waals surface area contributed by atoms with E-state index < -0.39 is 5.97 Å². The summed E-state index contributed by atoms with van der Waals surface area (Å²) in [5.41, 5.74) is 0. The lowest BCUT2D eigenvalue weighted by Crippen LogP contribution is -2.50. The van der Waals surface area contributed by atoms with Gasteiger partial charge in [0.05, 0.1) is 65.2 Å². The maximum atomic E-state index is 10.8. The van der Waals surface area contributed by atoms with Crippen molar-refractivity contribution in [3.63, 3.8) is 0 Å². The SMILES string of the molecule is CC(COC=O)[N+](C)(C)CCSSCC[N+](C)(C)C(C)CC(=O)O. The van der Waals surface area contributed by atoms with Gasteiger partial charge in [-0.25, -0.2) is 0 Å². The number of hydrogen-bond donors (Lipinski definition) is 1. The summed E-state index contributed by atoms with van der Waals surface area (Å²) in [6.07, 6.45) is 0.206. The summed E-state index contributed by atoms with van der Waals surface area (Å²) < 4.78 is 6.40. The van der Waals surface area contributed by atoms with Crippen LogP contribution < -0.4 is 0 Å². The molecular weight excluding hydrogens is 348 g/mol. The first-order chi connectivity index (χ1) is 11.0. The van der Waals surface area contributed by atoms with Gasteiger partial charge in [-0.2, -0.15) is 0 Å². The van der Waals surface area contributed by atoms with Gasteiger partial charge >= 0.3 is 5.97 Å². The zero-order valence-corrected chi connectivity index (χ0v) is 17.5. The van der Waals surface area contributed by atoms with Crippen molar-refractivity contribution in [2.75, 3.05) is 59.4 Å². The minimum absolute atomic E-state index is 0.113. The highest BCUT2D eigenvalue weighted by atomic mass is 33.1. The topological polar surface area (TPSA) is 63.6 Å². The average molecular weight is 383 g/mol. The summed E-state index contributed by atoms with van der Waals surface area (Å²) in [6, 6.07) is 0.385. The molecular formula is C16H34N2O4S2+2. The van der Waals surface area contributed by atoms with Crippen LogP contribution in [0.5, 0.6) is 0 Å². The quantitative estimate of drug-likeness (QED) is 0.214. The number of likely N-dealkylation sites (N-methyl/N-ethyl adjacent to an activating group) is 1. The molecule has 2 atom stereocenters. The summed E-state index contributed by atoms with van der Waals surface area (Å²) in [5.74, 6) is 1.29. The molecule has 142 valence electrons. The van der Waals surface area contributed by atoms with E-state index in [9.17, 15) is 9.59 Å². The van der Waals surface area contributed by atoms with Gasteiger partial charge in [0.15, 0.2) is 0 Å². The average Bonchev–Trinajstić information content (AvgIpc) is 2.47. The number of carboxylic acid groups (broad SMARTS) is 1. The highest BCUT2D eigenvalue weighted by Gasteiger charge is 2.26. The third-order valence-electron chi connectivity index (χ3n) is 4.85. The van der Waals surface area contributed by atoms with E-state index in [-0.39, 0.29) is 18.5 Å². The van der Waals surface area contributed by atoms with Gasteiger partial charge in [-0.3, -0.25) is 9.59 Å². The number of rotatable bonds is 14. The molecule has 0 fully saturated rings. The molecule has 0 saturated heterocycles. The summed E-state index contributed by atoms with van der Waals surface area (Å²) in [5, 5.41) is 8.91. The minimum Gasteiger partial charge on any atom is -0.481 e. The smallest absolute Gasteiger partial charge is 0.309 e. The minimum atomic E-state index is -0.733. The van der Waals surface area contributed by atoms with Crippen LogP contribution in [0, 0.1) is 0 Å². The summed E-state index contributed by atoms with van der Waals surface area (Å²) >= 11 is 0. The number of nitrogens with zero attached hydrogens (tertiary/aromatic N) is 2. The van der Waals surface area contributed by atoms with Crippen molar-refractivity contribution in [1.29, 1.82) is 0 Å². The van der Waals surface area contributed by atoms with E-state index in [1.807, 2.05) is 28.5 Å². The molecule has 1 N–H and O–H groups in total. The van der Waals surface area contributed by atoms with Crippen LogP contribution in [0.1, 0.15) is 20.3 Å². The second-order valence-corrected chi connectivity index (χ2v) is 10.1. The van der Waals surface area contributed by atoms with Crippen LogP contribution in [-0.4, -0.2) is 98.0 Å². The fourth-order valence-electron chi connectivity index (χ4n) is 1.98. The molecule has 0 spiro atoms. The second kappa shape index (κ2) is 11.2. The molecule has 0 aliphatic rings. The third-order valence-corrected chi connectivity index (χ3v) is 7.21. The molecule has 2 unspecified atom stereocenters. The Balaban J connectivity index is 3.97. The third kappa shape index (κ3) is 9.76. The molecule has 0 aliphatic carbocycles. The Morgan fingerprint density at radius 1 is 1.04 bits per heavy atom. The van der Waals surface area contributed by atoms with Gasteiger partial charge in [0, 0.05) is 0 Å². The second-order valence-electron chi connectivity index (χ2n) is 7.37. The lowest BCUT2D eigenvalue weighted by atomic mass is 10.2. The van der Waals surface area contributed by atoms with Crippen LogP contribution in [0.25, 0.3) is 0 Å². The molecule has 0 bridgehead atoms. The van der Waals surface area contributed by atoms with Crippen LogP contribution in [0.3, 0.4) is 0 Å². The molecule has 0 radical (unpaired) electrons. The van der Waals surface area contributed by atoms with Crippen molar-refractivity contribution in [2.45, 2.75) is 32.4 Å². The van der Waals surface area contributed by atoms with Crippen LogP contribution in [-0.2, 0) is 14.3 Å². The molecule has 0 saturated carbocycles. The zero-order chi connectivity index (χ0) is 18.8. The normalized spacial score (nSPS) is 14.9. The Labute approximate surface area is 154 Å². The Morgan fingerprint density at radius 2 is 1.50 bits per heavy atom. The highest BCUT2D eigenvalue weighted by molar-refractivity contribution is 8.76. The molecule has 24 heavy (non-hydrogen) atoms. The predicted molar refractivity (Wildman–Crippen MR) is 102 cm³/mol. The molecule has 0 heterocycles. The largest absolute Gasteiger partial charge is 0.481 e. The number of carboxylic acids is 1. The fourth-order valence-corrected chi connectivity index (χ4v) is 4.46. The Kier molecular flexibility index (Phi) is 11.0. The van der Waals surface area contributed by atoms with Crippen molar-refractivity contribution in [2.24, 2.45) is 0 Å². The summed E-state index contributed by atoms with van der Waals surface area (Å²) in [7, 11) is 12.2. The van der Waals surface area contributed by atoms with Gasteiger partial charge in [0.2, 0.25) is 0 Å². The van der Waals surface area contributed by atoms with Crippen molar-refractivity contribution in [3.05, 3.63) is 0 Å². The molecule has 0 amide bonds. The highest BCUT2D eigenvalue weighted by Crippen LogP contribution is 2.24. The van der Waals surface area contributed by atoms with E-state index in [1.54, 1.807) is 0 Å². The number of quaternary nitrogens is 2. The predicted octanol–water partition coefficient (Wildman–Crippen LogP) is 1.95. The van der Waals surface area contributed by atoms with Gasteiger partial charge in [-0.1, -0.05) is 21.6 Å². The van der Waals surface area contributed by atoms with Crippen molar-refractivity contribution < 1.29 is 28.4 Å². The fraction of sp³-hybridized carbons (Fsp3) is 0.875. The van der Waals surface area contributed by atoms with E-state index in [1.165, 1.54) is 0 Å². The summed E-state index contributed by atoms with van der Waals surface area (Å²) in [6.45, 7) is 7.00. The Bertz CT molecular complexity index is 392. The molecule has 0 aliphatic heterocycles. The number of ether oxygens (including phenoxy) is 1. The van der Waals surface area contributed by atoms with Crippen LogP contribution in [0.2, 0.25) is 0 Å². The molecule has 6 nitrogen and oxygen atoms in total. The number of hydrogen-bond acceptors (Lipinski definition) is 5. The standard InChI is InChI=1S/C16H33N2O4S2/c1-14(11-16(20)21)17(3,4)7-9-23-24-10-8-18(5,6)15(2)12-22-13-19/h13-15H,7-12H2,1-6H3/q+1/p+1. The molecule has 8 heteroatoms.